The molecule has 0 radical (unpaired) electrons. The van der Waals surface area contributed by atoms with Gasteiger partial charge in [0.15, 0.2) is 0 Å². The molecule has 2 rings (SSSR count). The first-order chi connectivity index (χ1) is 10.2. The van der Waals surface area contributed by atoms with Gasteiger partial charge >= 0.3 is 0 Å². The molecular weight excluding hydrogens is 266 g/mol. The van der Waals surface area contributed by atoms with Crippen molar-refractivity contribution in [2.24, 2.45) is 0 Å². The molecule has 0 aliphatic heterocycles. The number of aromatic nitrogens is 2. The number of nitrogens with one attached hydrogen (secondary N) is 1. The van der Waals surface area contributed by atoms with Crippen LogP contribution in [0.3, 0.4) is 0 Å². The van der Waals surface area contributed by atoms with Crippen molar-refractivity contribution >= 4 is 0 Å². The van der Waals surface area contributed by atoms with Gasteiger partial charge in [-0.25, -0.2) is 9.97 Å². The quantitative estimate of drug-likeness (QED) is 0.884. The molecule has 0 fully saturated rings. The highest BCUT2D eigenvalue weighted by Gasteiger charge is 2.20. The molecule has 0 bridgehead atoms. The number of ether oxygens (including phenoxy) is 2. The van der Waals surface area contributed by atoms with Crippen LogP contribution in [-0.4, -0.2) is 30.7 Å². The third-order valence-electron chi connectivity index (χ3n) is 3.22. The molecule has 1 N–H and O–H groups in total. The van der Waals surface area contributed by atoms with Gasteiger partial charge in [-0.2, -0.15) is 0 Å². The van der Waals surface area contributed by atoms with E-state index < -0.39 is 0 Å². The van der Waals surface area contributed by atoms with E-state index in [1.807, 2.05) is 44.4 Å². The Hall–Kier alpha value is -2.14. The van der Waals surface area contributed by atoms with E-state index in [1.54, 1.807) is 14.2 Å². The van der Waals surface area contributed by atoms with Crippen LogP contribution in [0.4, 0.5) is 0 Å². The molecule has 0 saturated heterocycles. The lowest BCUT2D eigenvalue weighted by Crippen LogP contribution is -2.24. The minimum atomic E-state index is -0.138. The number of hydrogen-bond acceptors (Lipinski definition) is 5. The van der Waals surface area contributed by atoms with Crippen molar-refractivity contribution in [1.29, 1.82) is 0 Å². The van der Waals surface area contributed by atoms with Gasteiger partial charge in [0.2, 0.25) is 0 Å². The summed E-state index contributed by atoms with van der Waals surface area (Å²) in [5.41, 5.74) is 1.99. The number of rotatable bonds is 6. The minimum Gasteiger partial charge on any atom is -0.497 e. The molecule has 0 amide bonds. The lowest BCUT2D eigenvalue weighted by molar-refractivity contribution is 0.393. The number of aryl methyl sites for hydroxylation is 1. The summed E-state index contributed by atoms with van der Waals surface area (Å²) in [6, 6.07) is 5.59. The zero-order valence-electron chi connectivity index (χ0n) is 12.9. The van der Waals surface area contributed by atoms with Crippen LogP contribution in [0.1, 0.15) is 29.9 Å². The summed E-state index contributed by atoms with van der Waals surface area (Å²) in [4.78, 5) is 8.87. The van der Waals surface area contributed by atoms with Crippen molar-refractivity contribution in [2.75, 3.05) is 20.8 Å². The Kier molecular flexibility index (Phi) is 5.11. The Balaban J connectivity index is 2.48. The third kappa shape index (κ3) is 3.49. The fourth-order valence-corrected chi connectivity index (χ4v) is 2.16. The van der Waals surface area contributed by atoms with E-state index in [-0.39, 0.29) is 6.04 Å². The highest BCUT2D eigenvalue weighted by Crippen LogP contribution is 2.31. The van der Waals surface area contributed by atoms with E-state index in [4.69, 9.17) is 9.47 Å². The summed E-state index contributed by atoms with van der Waals surface area (Å²) in [6.45, 7) is 4.81. The molecule has 0 aliphatic rings. The van der Waals surface area contributed by atoms with Gasteiger partial charge in [-0.15, -0.1) is 0 Å². The van der Waals surface area contributed by atoms with Gasteiger partial charge < -0.3 is 14.8 Å². The van der Waals surface area contributed by atoms with E-state index in [9.17, 15) is 0 Å². The number of methoxy groups -OCH3 is 2. The molecule has 21 heavy (non-hydrogen) atoms. The fraction of sp³-hybridized carbons (Fsp3) is 0.375. The second-order valence-electron chi connectivity index (χ2n) is 4.72. The molecule has 0 spiro atoms. The molecule has 1 aromatic carbocycles. The highest BCUT2D eigenvalue weighted by atomic mass is 16.5. The van der Waals surface area contributed by atoms with Crippen LogP contribution in [0.5, 0.6) is 11.5 Å². The average molecular weight is 287 g/mol. The lowest BCUT2D eigenvalue weighted by atomic mass is 10.0. The van der Waals surface area contributed by atoms with Crippen LogP contribution in [0.15, 0.2) is 30.6 Å². The van der Waals surface area contributed by atoms with Gasteiger partial charge in [0, 0.05) is 18.0 Å². The number of hydrogen-bond donors (Lipinski definition) is 1. The van der Waals surface area contributed by atoms with Crippen molar-refractivity contribution in [3.63, 3.8) is 0 Å². The van der Waals surface area contributed by atoms with Crippen LogP contribution in [0, 0.1) is 6.92 Å². The third-order valence-corrected chi connectivity index (χ3v) is 3.22. The predicted molar refractivity (Wildman–Crippen MR) is 81.8 cm³/mol. The van der Waals surface area contributed by atoms with Gasteiger partial charge in [-0.3, -0.25) is 0 Å². The van der Waals surface area contributed by atoms with Crippen LogP contribution in [0.2, 0.25) is 0 Å². The van der Waals surface area contributed by atoms with E-state index in [1.165, 1.54) is 0 Å². The molecule has 1 heterocycles. The second-order valence-corrected chi connectivity index (χ2v) is 4.72. The minimum absolute atomic E-state index is 0.138. The highest BCUT2D eigenvalue weighted by molar-refractivity contribution is 5.44. The zero-order valence-corrected chi connectivity index (χ0v) is 12.9. The van der Waals surface area contributed by atoms with E-state index in [0.717, 1.165) is 29.2 Å². The van der Waals surface area contributed by atoms with Gasteiger partial charge in [0.05, 0.1) is 20.3 Å². The van der Waals surface area contributed by atoms with Crippen LogP contribution < -0.4 is 14.8 Å². The molecule has 5 heteroatoms. The van der Waals surface area contributed by atoms with E-state index in [0.29, 0.717) is 5.82 Å². The monoisotopic (exact) mass is 287 g/mol. The number of benzene rings is 1. The molecule has 1 unspecified atom stereocenters. The SMILES string of the molecule is CCNC(c1ncc(C)cn1)c1cc(OC)ccc1OC. The Morgan fingerprint density at radius 1 is 1.14 bits per heavy atom. The smallest absolute Gasteiger partial charge is 0.149 e. The van der Waals surface area contributed by atoms with Crippen LogP contribution in [0.25, 0.3) is 0 Å². The van der Waals surface area contributed by atoms with Gasteiger partial charge in [0.1, 0.15) is 17.3 Å². The maximum atomic E-state index is 5.47. The van der Waals surface area contributed by atoms with Gasteiger partial charge in [0.25, 0.3) is 0 Å². The van der Waals surface area contributed by atoms with Crippen LogP contribution >= 0.6 is 0 Å². The molecule has 2 aromatic rings. The molecule has 0 saturated carbocycles. The maximum absolute atomic E-state index is 5.47. The first-order valence-corrected chi connectivity index (χ1v) is 6.93. The Bertz CT molecular complexity index is 585. The molecule has 5 nitrogen and oxygen atoms in total. The van der Waals surface area contributed by atoms with E-state index in [2.05, 4.69) is 15.3 Å². The molecule has 0 aliphatic carbocycles. The zero-order chi connectivity index (χ0) is 15.2. The number of nitrogens with zero attached hydrogens (tertiary/aromatic N) is 2. The lowest BCUT2D eigenvalue weighted by Gasteiger charge is -2.20. The fourth-order valence-electron chi connectivity index (χ4n) is 2.16. The molecule has 1 aromatic heterocycles. The summed E-state index contributed by atoms with van der Waals surface area (Å²) >= 11 is 0. The van der Waals surface area contributed by atoms with Gasteiger partial charge in [-0.05, 0) is 37.2 Å². The van der Waals surface area contributed by atoms with Gasteiger partial charge in [-0.1, -0.05) is 6.92 Å². The van der Waals surface area contributed by atoms with Crippen molar-refractivity contribution in [1.82, 2.24) is 15.3 Å². The summed E-state index contributed by atoms with van der Waals surface area (Å²) in [5.74, 6) is 2.28. The summed E-state index contributed by atoms with van der Waals surface area (Å²) < 4.78 is 10.8. The molecule has 112 valence electrons. The maximum Gasteiger partial charge on any atom is 0.149 e. The second kappa shape index (κ2) is 7.04. The Labute approximate surface area is 125 Å². The van der Waals surface area contributed by atoms with E-state index >= 15 is 0 Å². The Morgan fingerprint density at radius 2 is 1.86 bits per heavy atom. The predicted octanol–water partition coefficient (Wildman–Crippen LogP) is 2.50. The first-order valence-electron chi connectivity index (χ1n) is 6.93. The summed E-state index contributed by atoms with van der Waals surface area (Å²) in [7, 11) is 3.31. The normalized spacial score (nSPS) is 12.0. The van der Waals surface area contributed by atoms with Crippen LogP contribution in [-0.2, 0) is 0 Å². The topological polar surface area (TPSA) is 56.3 Å². The van der Waals surface area contributed by atoms with Crippen molar-refractivity contribution in [3.05, 3.63) is 47.5 Å². The largest absolute Gasteiger partial charge is 0.497 e. The van der Waals surface area contributed by atoms with Crippen molar-refractivity contribution < 1.29 is 9.47 Å². The molecule has 1 atom stereocenters. The standard InChI is InChI=1S/C16H21N3O2/c1-5-17-15(16-18-9-11(2)10-19-16)13-8-12(20-3)6-7-14(13)21-4/h6-10,15,17H,5H2,1-4H3. The average Bonchev–Trinajstić information content (AvgIpc) is 2.53. The summed E-state index contributed by atoms with van der Waals surface area (Å²) in [6.07, 6.45) is 3.64. The summed E-state index contributed by atoms with van der Waals surface area (Å²) in [5, 5.41) is 3.40. The molecular formula is C16H21N3O2. The van der Waals surface area contributed by atoms with Crippen molar-refractivity contribution in [2.45, 2.75) is 19.9 Å². The Morgan fingerprint density at radius 3 is 2.43 bits per heavy atom. The van der Waals surface area contributed by atoms with Crippen molar-refractivity contribution in [3.8, 4) is 11.5 Å². The first kappa shape index (κ1) is 15.3.